The van der Waals surface area contributed by atoms with Crippen molar-refractivity contribution in [2.24, 2.45) is 0 Å². The average molecular weight is 414 g/mol. The van der Waals surface area contributed by atoms with Gasteiger partial charge in [0.05, 0.1) is 28.9 Å². The molecule has 0 aliphatic rings. The Balaban J connectivity index is 1.93. The number of benzene rings is 3. The van der Waals surface area contributed by atoms with Crippen molar-refractivity contribution in [2.45, 2.75) is 11.8 Å². The molecular weight excluding hydrogens is 395 g/mol. The number of halogens is 1. The number of nitrogens with one attached hydrogen (secondary N) is 2. The minimum atomic E-state index is -3.92. The lowest BCUT2D eigenvalue weighted by Gasteiger charge is -2.14. The van der Waals surface area contributed by atoms with Gasteiger partial charge in [-0.05, 0) is 48.9 Å². The average Bonchev–Trinajstić information content (AvgIpc) is 2.70. The molecule has 1 amide bonds. The topological polar surface area (TPSA) is 84.5 Å². The summed E-state index contributed by atoms with van der Waals surface area (Å²) in [4.78, 5) is 12.3. The molecule has 2 N–H and O–H groups in total. The zero-order chi connectivity index (χ0) is 21.0. The third-order valence-electron chi connectivity index (χ3n) is 4.24. The highest BCUT2D eigenvalue weighted by atomic mass is 32.2. The number of carbonyl (C=O) groups is 1. The molecule has 3 rings (SSSR count). The summed E-state index contributed by atoms with van der Waals surface area (Å²) in [5, 5.41) is 2.51. The zero-order valence-corrected chi connectivity index (χ0v) is 16.6. The summed E-state index contributed by atoms with van der Waals surface area (Å²) in [5.74, 6) is -1.17. The van der Waals surface area contributed by atoms with Crippen molar-refractivity contribution in [3.8, 4) is 5.75 Å². The van der Waals surface area contributed by atoms with Crippen molar-refractivity contribution >= 4 is 27.3 Å². The molecule has 0 atom stereocenters. The summed E-state index contributed by atoms with van der Waals surface area (Å²) in [5.41, 5.74) is 1.15. The van der Waals surface area contributed by atoms with Gasteiger partial charge in [-0.15, -0.1) is 0 Å². The van der Waals surface area contributed by atoms with Crippen molar-refractivity contribution in [1.82, 2.24) is 0 Å². The zero-order valence-electron chi connectivity index (χ0n) is 15.8. The molecule has 3 aromatic rings. The van der Waals surface area contributed by atoms with Crippen molar-refractivity contribution < 1.29 is 22.3 Å². The molecular formula is C21H19FN2O4S. The van der Waals surface area contributed by atoms with Gasteiger partial charge >= 0.3 is 0 Å². The minimum absolute atomic E-state index is 0.0783. The Bertz CT molecular complexity index is 1160. The first kappa shape index (κ1) is 20.3. The van der Waals surface area contributed by atoms with Gasteiger partial charge in [0.2, 0.25) is 0 Å². The van der Waals surface area contributed by atoms with Crippen molar-refractivity contribution in [3.63, 3.8) is 0 Å². The molecule has 0 spiro atoms. The van der Waals surface area contributed by atoms with Crippen molar-refractivity contribution in [2.75, 3.05) is 17.1 Å². The molecule has 0 aliphatic carbocycles. The van der Waals surface area contributed by atoms with Gasteiger partial charge in [-0.25, -0.2) is 12.8 Å². The summed E-state index contributed by atoms with van der Waals surface area (Å²) in [7, 11) is -2.54. The van der Waals surface area contributed by atoms with Gasteiger partial charge in [0, 0.05) is 0 Å². The number of aryl methyl sites for hydroxylation is 1. The fourth-order valence-corrected chi connectivity index (χ4v) is 3.83. The van der Waals surface area contributed by atoms with Crippen LogP contribution in [0.5, 0.6) is 5.75 Å². The predicted octanol–water partition coefficient (Wildman–Crippen LogP) is 4.20. The van der Waals surface area contributed by atoms with Gasteiger partial charge in [-0.3, -0.25) is 9.52 Å². The van der Waals surface area contributed by atoms with Gasteiger partial charge in [0.25, 0.3) is 15.9 Å². The van der Waals surface area contributed by atoms with Crippen LogP contribution in [0.15, 0.2) is 71.6 Å². The second-order valence-corrected chi connectivity index (χ2v) is 7.90. The molecule has 150 valence electrons. The van der Waals surface area contributed by atoms with Crippen LogP contribution in [-0.2, 0) is 10.0 Å². The molecule has 0 bridgehead atoms. The van der Waals surface area contributed by atoms with E-state index in [4.69, 9.17) is 4.74 Å². The van der Waals surface area contributed by atoms with E-state index in [1.54, 1.807) is 31.2 Å². The number of rotatable bonds is 6. The summed E-state index contributed by atoms with van der Waals surface area (Å²) in [6.07, 6.45) is 0. The number of anilines is 2. The molecule has 0 heterocycles. The van der Waals surface area contributed by atoms with E-state index in [9.17, 15) is 17.6 Å². The molecule has 0 radical (unpaired) electrons. The molecule has 6 nitrogen and oxygen atoms in total. The highest BCUT2D eigenvalue weighted by Crippen LogP contribution is 2.29. The maximum Gasteiger partial charge on any atom is 0.261 e. The molecule has 0 saturated heterocycles. The number of ether oxygens (including phenoxy) is 1. The quantitative estimate of drug-likeness (QED) is 0.633. The molecule has 0 fully saturated rings. The van der Waals surface area contributed by atoms with Gasteiger partial charge < -0.3 is 10.1 Å². The fraction of sp³-hybridized carbons (Fsp3) is 0.0952. The smallest absolute Gasteiger partial charge is 0.261 e. The number of hydrogen-bond acceptors (Lipinski definition) is 4. The molecule has 0 aliphatic heterocycles. The second-order valence-electron chi connectivity index (χ2n) is 6.22. The van der Waals surface area contributed by atoms with E-state index in [1.165, 1.54) is 49.6 Å². The molecule has 0 unspecified atom stereocenters. The summed E-state index contributed by atoms with van der Waals surface area (Å²) in [6.45, 7) is 1.78. The van der Waals surface area contributed by atoms with Crippen LogP contribution in [0.4, 0.5) is 15.8 Å². The highest BCUT2D eigenvalue weighted by molar-refractivity contribution is 7.92. The van der Waals surface area contributed by atoms with Crippen LogP contribution >= 0.6 is 0 Å². The number of amides is 1. The predicted molar refractivity (Wildman–Crippen MR) is 109 cm³/mol. The monoisotopic (exact) mass is 414 g/mol. The summed E-state index contributed by atoms with van der Waals surface area (Å²) >= 11 is 0. The standard InChI is InChI=1S/C21H19FN2O4S/c1-14-7-3-6-10-18(14)24-29(26,27)15-11-12-20(28-2)19(13-15)23-21(25)16-8-4-5-9-17(16)22/h3-13,24H,1-2H3,(H,23,25). The van der Waals surface area contributed by atoms with Gasteiger partial charge in [0.1, 0.15) is 11.6 Å². The van der Waals surface area contributed by atoms with Gasteiger partial charge in [-0.2, -0.15) is 0 Å². The van der Waals surface area contributed by atoms with Gasteiger partial charge in [-0.1, -0.05) is 30.3 Å². The number of carbonyl (C=O) groups excluding carboxylic acids is 1. The molecule has 29 heavy (non-hydrogen) atoms. The number of sulfonamides is 1. The molecule has 3 aromatic carbocycles. The van der Waals surface area contributed by atoms with Crippen molar-refractivity contribution in [1.29, 1.82) is 0 Å². The van der Waals surface area contributed by atoms with E-state index >= 15 is 0 Å². The van der Waals surface area contributed by atoms with Crippen LogP contribution in [0.1, 0.15) is 15.9 Å². The van der Waals surface area contributed by atoms with E-state index in [-0.39, 0.29) is 21.9 Å². The number of methoxy groups -OCH3 is 1. The Hall–Kier alpha value is -3.39. The Kier molecular flexibility index (Phi) is 5.84. The van der Waals surface area contributed by atoms with Crippen LogP contribution in [0.25, 0.3) is 0 Å². The van der Waals surface area contributed by atoms with E-state index in [0.717, 1.165) is 5.56 Å². The Labute approximate surface area is 168 Å². The van der Waals surface area contributed by atoms with Crippen LogP contribution in [0.2, 0.25) is 0 Å². The van der Waals surface area contributed by atoms with E-state index in [2.05, 4.69) is 10.0 Å². The first-order valence-electron chi connectivity index (χ1n) is 8.64. The SMILES string of the molecule is COc1ccc(S(=O)(=O)Nc2ccccc2C)cc1NC(=O)c1ccccc1F. The highest BCUT2D eigenvalue weighted by Gasteiger charge is 2.19. The summed E-state index contributed by atoms with van der Waals surface area (Å²) in [6, 6.07) is 16.5. The lowest BCUT2D eigenvalue weighted by molar-refractivity contribution is 0.102. The largest absolute Gasteiger partial charge is 0.495 e. The summed E-state index contributed by atoms with van der Waals surface area (Å²) < 4.78 is 47.2. The third kappa shape index (κ3) is 4.55. The van der Waals surface area contributed by atoms with Crippen LogP contribution in [-0.4, -0.2) is 21.4 Å². The first-order chi connectivity index (χ1) is 13.8. The second kappa shape index (κ2) is 8.32. The Morgan fingerprint density at radius 3 is 2.34 bits per heavy atom. The minimum Gasteiger partial charge on any atom is -0.495 e. The van der Waals surface area contributed by atoms with E-state index < -0.39 is 21.7 Å². The lowest BCUT2D eigenvalue weighted by atomic mass is 10.2. The molecule has 0 saturated carbocycles. The van der Waals surface area contributed by atoms with E-state index in [0.29, 0.717) is 5.69 Å². The normalized spacial score (nSPS) is 11.0. The number of hydrogen-bond donors (Lipinski definition) is 2. The van der Waals surface area contributed by atoms with Gasteiger partial charge in [0.15, 0.2) is 0 Å². The first-order valence-corrected chi connectivity index (χ1v) is 10.1. The Morgan fingerprint density at radius 1 is 0.966 bits per heavy atom. The lowest BCUT2D eigenvalue weighted by Crippen LogP contribution is -2.17. The van der Waals surface area contributed by atoms with Crippen LogP contribution in [0, 0.1) is 12.7 Å². The van der Waals surface area contributed by atoms with E-state index in [1.807, 2.05) is 0 Å². The Morgan fingerprint density at radius 2 is 1.66 bits per heavy atom. The maximum atomic E-state index is 13.9. The van der Waals surface area contributed by atoms with Crippen LogP contribution in [0.3, 0.4) is 0 Å². The fourth-order valence-electron chi connectivity index (χ4n) is 2.68. The van der Waals surface area contributed by atoms with Crippen LogP contribution < -0.4 is 14.8 Å². The van der Waals surface area contributed by atoms with Crippen molar-refractivity contribution in [3.05, 3.63) is 83.7 Å². The molecule has 8 heteroatoms. The number of para-hydroxylation sites is 1. The molecule has 0 aromatic heterocycles. The third-order valence-corrected chi connectivity index (χ3v) is 5.60. The maximum absolute atomic E-state index is 13.9.